The highest BCUT2D eigenvalue weighted by Gasteiger charge is 2.25. The van der Waals surface area contributed by atoms with Gasteiger partial charge in [0.2, 0.25) is 0 Å². The van der Waals surface area contributed by atoms with E-state index in [0.717, 1.165) is 16.3 Å². The van der Waals surface area contributed by atoms with Crippen LogP contribution in [0.5, 0.6) is 5.75 Å². The average Bonchev–Trinajstić information content (AvgIpc) is 2.74. The summed E-state index contributed by atoms with van der Waals surface area (Å²) in [6.07, 6.45) is 2.08. The first-order chi connectivity index (χ1) is 14.2. The van der Waals surface area contributed by atoms with Gasteiger partial charge in [0.15, 0.2) is 5.78 Å². The maximum Gasteiger partial charge on any atom is 0.168 e. The second-order valence-electron chi connectivity index (χ2n) is 7.17. The van der Waals surface area contributed by atoms with Crippen molar-refractivity contribution in [1.29, 1.82) is 0 Å². The molecule has 4 heteroatoms. The second-order valence-corrected chi connectivity index (χ2v) is 7.17. The van der Waals surface area contributed by atoms with Crippen molar-refractivity contribution in [1.82, 2.24) is 0 Å². The van der Waals surface area contributed by atoms with Gasteiger partial charge in [-0.3, -0.25) is 9.79 Å². The van der Waals surface area contributed by atoms with Gasteiger partial charge < -0.3 is 9.84 Å². The molecule has 1 aliphatic carbocycles. The number of nitrogens with zero attached hydrogens (tertiary/aromatic N) is 1. The summed E-state index contributed by atoms with van der Waals surface area (Å²) in [5.74, 6) is 0.794. The van der Waals surface area contributed by atoms with Crippen molar-refractivity contribution >= 4 is 28.0 Å². The Labute approximate surface area is 170 Å². The molecule has 3 aromatic carbocycles. The van der Waals surface area contributed by atoms with Crippen molar-refractivity contribution in [3.63, 3.8) is 0 Å². The molecule has 0 bridgehead atoms. The first kappa shape index (κ1) is 18.9. The SMILES string of the molecule is COc1cccc(N=C(Cc2cccc3ccccc23)C2=C(O)CCCC2=O)c1. The number of carbonyl (C=O) groups is 1. The monoisotopic (exact) mass is 385 g/mol. The normalized spacial score (nSPS) is 15.1. The molecule has 0 aliphatic heterocycles. The number of ketones is 1. The number of rotatable bonds is 5. The summed E-state index contributed by atoms with van der Waals surface area (Å²) >= 11 is 0. The number of ether oxygens (including phenoxy) is 1. The van der Waals surface area contributed by atoms with Gasteiger partial charge in [-0.1, -0.05) is 48.5 Å². The molecule has 0 saturated heterocycles. The number of hydrogen-bond donors (Lipinski definition) is 1. The summed E-state index contributed by atoms with van der Waals surface area (Å²) in [6, 6.07) is 21.7. The van der Waals surface area contributed by atoms with Crippen LogP contribution in [0.1, 0.15) is 24.8 Å². The lowest BCUT2D eigenvalue weighted by Crippen LogP contribution is -2.21. The minimum atomic E-state index is -0.0457. The number of aliphatic imine (C=N–C) groups is 1. The molecule has 29 heavy (non-hydrogen) atoms. The van der Waals surface area contributed by atoms with Crippen molar-refractivity contribution in [2.45, 2.75) is 25.7 Å². The largest absolute Gasteiger partial charge is 0.511 e. The average molecular weight is 385 g/mol. The van der Waals surface area contributed by atoms with E-state index in [-0.39, 0.29) is 11.5 Å². The Bertz CT molecular complexity index is 1120. The fourth-order valence-corrected chi connectivity index (χ4v) is 3.80. The maximum absolute atomic E-state index is 12.7. The Hall–Kier alpha value is -3.40. The molecule has 0 aromatic heterocycles. The van der Waals surface area contributed by atoms with E-state index in [2.05, 4.69) is 18.2 Å². The molecule has 1 N–H and O–H groups in total. The van der Waals surface area contributed by atoms with E-state index in [1.165, 1.54) is 0 Å². The molecule has 0 fully saturated rings. The minimum absolute atomic E-state index is 0.0457. The van der Waals surface area contributed by atoms with Crippen molar-refractivity contribution in [3.05, 3.63) is 83.6 Å². The molecular formula is C25H23NO3. The van der Waals surface area contributed by atoms with Crippen LogP contribution in [0.2, 0.25) is 0 Å². The van der Waals surface area contributed by atoms with Crippen LogP contribution in [0.4, 0.5) is 5.69 Å². The van der Waals surface area contributed by atoms with Crippen molar-refractivity contribution < 1.29 is 14.6 Å². The van der Waals surface area contributed by atoms with E-state index in [4.69, 9.17) is 9.73 Å². The number of allylic oxidation sites excluding steroid dienone is 2. The zero-order valence-electron chi connectivity index (χ0n) is 16.4. The molecule has 4 rings (SSSR count). The summed E-state index contributed by atoms with van der Waals surface area (Å²) in [5.41, 5.74) is 2.73. The van der Waals surface area contributed by atoms with Gasteiger partial charge in [-0.05, 0) is 34.9 Å². The first-order valence-corrected chi connectivity index (χ1v) is 9.79. The van der Waals surface area contributed by atoms with Gasteiger partial charge in [0.25, 0.3) is 0 Å². The molecule has 3 aromatic rings. The van der Waals surface area contributed by atoms with Gasteiger partial charge in [0.1, 0.15) is 11.5 Å². The number of Topliss-reactive ketones (excluding diaryl/α,β-unsaturated/α-hetero) is 1. The highest BCUT2D eigenvalue weighted by atomic mass is 16.5. The smallest absolute Gasteiger partial charge is 0.168 e. The van der Waals surface area contributed by atoms with Crippen LogP contribution >= 0.6 is 0 Å². The lowest BCUT2D eigenvalue weighted by molar-refractivity contribution is -0.115. The zero-order valence-corrected chi connectivity index (χ0v) is 16.4. The topological polar surface area (TPSA) is 58.9 Å². The van der Waals surface area contributed by atoms with Crippen LogP contribution in [0.25, 0.3) is 10.8 Å². The quantitative estimate of drug-likeness (QED) is 0.571. The van der Waals surface area contributed by atoms with Crippen molar-refractivity contribution in [3.8, 4) is 5.75 Å². The predicted octanol–water partition coefficient (Wildman–Crippen LogP) is 5.73. The predicted molar refractivity (Wildman–Crippen MR) is 116 cm³/mol. The second kappa shape index (κ2) is 8.31. The lowest BCUT2D eigenvalue weighted by atomic mass is 9.89. The Kier molecular flexibility index (Phi) is 5.43. The van der Waals surface area contributed by atoms with Crippen molar-refractivity contribution in [2.24, 2.45) is 4.99 Å². The molecule has 0 saturated carbocycles. The standard InChI is InChI=1S/C25H23NO3/c1-29-20-11-5-10-19(16-20)26-22(25-23(27)13-6-14-24(25)28)15-18-9-4-8-17-7-2-3-12-21(17)18/h2-5,7-12,16,27H,6,13-15H2,1H3. The summed E-state index contributed by atoms with van der Waals surface area (Å²) in [4.78, 5) is 17.5. The minimum Gasteiger partial charge on any atom is -0.511 e. The fraction of sp³-hybridized carbons (Fsp3) is 0.200. The summed E-state index contributed by atoms with van der Waals surface area (Å²) in [6.45, 7) is 0. The van der Waals surface area contributed by atoms with Crippen LogP contribution < -0.4 is 4.74 Å². The molecule has 0 heterocycles. The van der Waals surface area contributed by atoms with Crippen LogP contribution in [-0.4, -0.2) is 23.7 Å². The Morgan fingerprint density at radius 2 is 1.83 bits per heavy atom. The van der Waals surface area contributed by atoms with E-state index in [1.54, 1.807) is 7.11 Å². The number of aliphatic hydroxyl groups is 1. The number of aliphatic hydroxyl groups excluding tert-OH is 1. The summed E-state index contributed by atoms with van der Waals surface area (Å²) in [7, 11) is 1.61. The number of benzene rings is 3. The summed E-state index contributed by atoms with van der Waals surface area (Å²) in [5, 5.41) is 12.8. The number of methoxy groups -OCH3 is 1. The van der Waals surface area contributed by atoms with Gasteiger partial charge in [0.05, 0.1) is 24.1 Å². The molecule has 4 nitrogen and oxygen atoms in total. The van der Waals surface area contributed by atoms with E-state index >= 15 is 0 Å². The van der Waals surface area contributed by atoms with Crippen LogP contribution in [-0.2, 0) is 11.2 Å². The number of fused-ring (bicyclic) bond motifs is 1. The fourth-order valence-electron chi connectivity index (χ4n) is 3.80. The molecule has 1 aliphatic rings. The summed E-state index contributed by atoms with van der Waals surface area (Å²) < 4.78 is 5.30. The van der Waals surface area contributed by atoms with E-state index < -0.39 is 0 Å². The highest BCUT2D eigenvalue weighted by Crippen LogP contribution is 2.28. The van der Waals surface area contributed by atoms with Gasteiger partial charge >= 0.3 is 0 Å². The third-order valence-corrected chi connectivity index (χ3v) is 5.23. The lowest BCUT2D eigenvalue weighted by Gasteiger charge is -2.18. The van der Waals surface area contributed by atoms with Crippen LogP contribution in [0.3, 0.4) is 0 Å². The Balaban J connectivity index is 1.84. The Morgan fingerprint density at radius 1 is 1.03 bits per heavy atom. The van der Waals surface area contributed by atoms with Gasteiger partial charge in [-0.25, -0.2) is 0 Å². The van der Waals surface area contributed by atoms with E-state index in [9.17, 15) is 9.90 Å². The Morgan fingerprint density at radius 3 is 2.66 bits per heavy atom. The first-order valence-electron chi connectivity index (χ1n) is 9.79. The molecular weight excluding hydrogens is 362 g/mol. The number of hydrogen-bond acceptors (Lipinski definition) is 4. The van der Waals surface area contributed by atoms with Crippen molar-refractivity contribution in [2.75, 3.05) is 7.11 Å². The molecule has 0 radical (unpaired) electrons. The third kappa shape index (κ3) is 4.06. The zero-order chi connectivity index (χ0) is 20.2. The van der Waals surface area contributed by atoms with E-state index in [1.807, 2.05) is 48.5 Å². The van der Waals surface area contributed by atoms with Gasteiger partial charge in [-0.15, -0.1) is 0 Å². The van der Waals surface area contributed by atoms with E-state index in [0.29, 0.717) is 48.4 Å². The maximum atomic E-state index is 12.7. The highest BCUT2D eigenvalue weighted by molar-refractivity contribution is 6.24. The molecule has 0 unspecified atom stereocenters. The number of carbonyl (C=O) groups excluding carboxylic acids is 1. The molecule has 0 amide bonds. The van der Waals surface area contributed by atoms with Crippen LogP contribution in [0.15, 0.2) is 83.1 Å². The van der Waals surface area contributed by atoms with Gasteiger partial charge in [0, 0.05) is 25.3 Å². The third-order valence-electron chi connectivity index (χ3n) is 5.23. The molecule has 146 valence electrons. The van der Waals surface area contributed by atoms with Crippen LogP contribution in [0, 0.1) is 0 Å². The van der Waals surface area contributed by atoms with Gasteiger partial charge in [-0.2, -0.15) is 0 Å². The molecule has 0 atom stereocenters. The molecule has 0 spiro atoms.